The van der Waals surface area contributed by atoms with E-state index in [0.717, 1.165) is 19.1 Å². The van der Waals surface area contributed by atoms with Crippen LogP contribution < -0.4 is 0 Å². The SMILES string of the molecule is CC/C(C)=C/CCC=O. The lowest BCUT2D eigenvalue weighted by molar-refractivity contribution is -0.107. The number of hydrogen-bond donors (Lipinski definition) is 0. The first-order chi connectivity index (χ1) is 4.31. The van der Waals surface area contributed by atoms with Crippen LogP contribution in [0.25, 0.3) is 0 Å². The highest BCUT2D eigenvalue weighted by Crippen LogP contribution is 2.00. The minimum absolute atomic E-state index is 0.664. The fourth-order valence-corrected chi connectivity index (χ4v) is 0.542. The molecule has 0 rings (SSSR count). The van der Waals surface area contributed by atoms with E-state index in [1.54, 1.807) is 0 Å². The maximum atomic E-state index is 9.85. The molecule has 0 aromatic heterocycles. The largest absolute Gasteiger partial charge is 0.303 e. The second-order valence-electron chi connectivity index (χ2n) is 2.15. The lowest BCUT2D eigenvalue weighted by Crippen LogP contribution is -1.74. The normalized spacial score (nSPS) is 11.6. The van der Waals surface area contributed by atoms with E-state index in [2.05, 4.69) is 19.9 Å². The van der Waals surface area contributed by atoms with Crippen LogP contribution >= 0.6 is 0 Å². The molecule has 0 N–H and O–H groups in total. The molecule has 52 valence electrons. The van der Waals surface area contributed by atoms with Crippen LogP contribution in [0.1, 0.15) is 33.1 Å². The third kappa shape index (κ3) is 5.28. The van der Waals surface area contributed by atoms with Gasteiger partial charge in [-0.1, -0.05) is 18.6 Å². The molecule has 0 aromatic carbocycles. The van der Waals surface area contributed by atoms with E-state index in [1.807, 2.05) is 0 Å². The van der Waals surface area contributed by atoms with Crippen molar-refractivity contribution in [3.8, 4) is 0 Å². The molecule has 0 saturated carbocycles. The molecule has 9 heavy (non-hydrogen) atoms. The van der Waals surface area contributed by atoms with Crippen LogP contribution in [0.4, 0.5) is 0 Å². The minimum Gasteiger partial charge on any atom is -0.303 e. The number of carbonyl (C=O) groups excluding carboxylic acids is 1. The van der Waals surface area contributed by atoms with Crippen molar-refractivity contribution in [3.05, 3.63) is 11.6 Å². The zero-order chi connectivity index (χ0) is 7.11. The molecule has 0 aromatic rings. The van der Waals surface area contributed by atoms with Gasteiger partial charge in [-0.25, -0.2) is 0 Å². The molecule has 0 aliphatic heterocycles. The molecule has 0 saturated heterocycles. The fourth-order valence-electron chi connectivity index (χ4n) is 0.542. The van der Waals surface area contributed by atoms with Gasteiger partial charge in [0.15, 0.2) is 0 Å². The first kappa shape index (κ1) is 8.41. The molecular weight excluding hydrogens is 112 g/mol. The predicted octanol–water partition coefficient (Wildman–Crippen LogP) is 2.32. The van der Waals surface area contributed by atoms with Gasteiger partial charge in [0.25, 0.3) is 0 Å². The first-order valence-electron chi connectivity index (χ1n) is 3.40. The second-order valence-corrected chi connectivity index (χ2v) is 2.15. The van der Waals surface area contributed by atoms with Crippen LogP contribution in [-0.4, -0.2) is 6.29 Å². The van der Waals surface area contributed by atoms with E-state index in [-0.39, 0.29) is 0 Å². The van der Waals surface area contributed by atoms with Crippen molar-refractivity contribution in [3.63, 3.8) is 0 Å². The zero-order valence-corrected chi connectivity index (χ0v) is 6.18. The standard InChI is InChI=1S/C8H14O/c1-3-8(2)6-4-5-7-9/h6-7H,3-5H2,1-2H3/b8-6+. The Kier molecular flexibility index (Phi) is 5.18. The summed E-state index contributed by atoms with van der Waals surface area (Å²) in [5.41, 5.74) is 1.37. The van der Waals surface area contributed by atoms with Crippen LogP contribution in [0.15, 0.2) is 11.6 Å². The number of rotatable bonds is 4. The van der Waals surface area contributed by atoms with E-state index in [0.29, 0.717) is 6.42 Å². The molecule has 0 fully saturated rings. The van der Waals surface area contributed by atoms with Gasteiger partial charge >= 0.3 is 0 Å². The smallest absolute Gasteiger partial charge is 0.120 e. The Balaban J connectivity index is 3.31. The number of allylic oxidation sites excluding steroid dienone is 2. The molecule has 1 heteroatoms. The molecule has 0 spiro atoms. The highest BCUT2D eigenvalue weighted by Gasteiger charge is 1.82. The average Bonchev–Trinajstić information content (AvgIpc) is 1.89. The first-order valence-corrected chi connectivity index (χ1v) is 3.40. The summed E-state index contributed by atoms with van der Waals surface area (Å²) in [5, 5.41) is 0. The Morgan fingerprint density at radius 2 is 2.11 bits per heavy atom. The predicted molar refractivity (Wildman–Crippen MR) is 39.3 cm³/mol. The topological polar surface area (TPSA) is 17.1 Å². The lowest BCUT2D eigenvalue weighted by atomic mass is 10.2. The Morgan fingerprint density at radius 1 is 1.44 bits per heavy atom. The van der Waals surface area contributed by atoms with Crippen LogP contribution in [0.5, 0.6) is 0 Å². The summed E-state index contributed by atoms with van der Waals surface area (Å²) in [7, 11) is 0. The van der Waals surface area contributed by atoms with Crippen molar-refractivity contribution in [2.45, 2.75) is 33.1 Å². The molecule has 1 nitrogen and oxygen atoms in total. The van der Waals surface area contributed by atoms with E-state index in [4.69, 9.17) is 0 Å². The van der Waals surface area contributed by atoms with E-state index in [1.165, 1.54) is 5.57 Å². The quantitative estimate of drug-likeness (QED) is 0.321. The molecule has 0 heterocycles. The number of hydrogen-bond acceptors (Lipinski definition) is 1. The van der Waals surface area contributed by atoms with Gasteiger partial charge in [-0.15, -0.1) is 0 Å². The number of carbonyl (C=O) groups is 1. The summed E-state index contributed by atoms with van der Waals surface area (Å²) in [5.74, 6) is 0. The van der Waals surface area contributed by atoms with Crippen molar-refractivity contribution in [1.29, 1.82) is 0 Å². The van der Waals surface area contributed by atoms with Crippen LogP contribution in [0, 0.1) is 0 Å². The summed E-state index contributed by atoms with van der Waals surface area (Å²) in [4.78, 5) is 9.85. The molecule has 0 radical (unpaired) electrons. The van der Waals surface area contributed by atoms with Gasteiger partial charge in [-0.05, 0) is 19.8 Å². The zero-order valence-electron chi connectivity index (χ0n) is 6.18. The molecule has 0 bridgehead atoms. The molecule has 0 aliphatic rings. The fraction of sp³-hybridized carbons (Fsp3) is 0.625. The summed E-state index contributed by atoms with van der Waals surface area (Å²) < 4.78 is 0. The van der Waals surface area contributed by atoms with Gasteiger partial charge in [0.1, 0.15) is 6.29 Å². The molecule has 0 aliphatic carbocycles. The van der Waals surface area contributed by atoms with E-state index in [9.17, 15) is 4.79 Å². The lowest BCUT2D eigenvalue weighted by Gasteiger charge is -1.90. The number of unbranched alkanes of at least 4 members (excludes halogenated alkanes) is 1. The summed E-state index contributed by atoms with van der Waals surface area (Å²) in [6.45, 7) is 4.21. The molecule has 0 unspecified atom stereocenters. The Bertz CT molecular complexity index is 103. The van der Waals surface area contributed by atoms with Crippen molar-refractivity contribution in [2.24, 2.45) is 0 Å². The Morgan fingerprint density at radius 3 is 2.56 bits per heavy atom. The second kappa shape index (κ2) is 5.54. The van der Waals surface area contributed by atoms with Gasteiger partial charge in [0.05, 0.1) is 0 Å². The van der Waals surface area contributed by atoms with Crippen LogP contribution in [0.2, 0.25) is 0 Å². The molecule has 0 atom stereocenters. The summed E-state index contributed by atoms with van der Waals surface area (Å²) in [6.07, 6.45) is 5.74. The van der Waals surface area contributed by atoms with Gasteiger partial charge in [0, 0.05) is 6.42 Å². The van der Waals surface area contributed by atoms with Crippen molar-refractivity contribution in [1.82, 2.24) is 0 Å². The van der Waals surface area contributed by atoms with Crippen LogP contribution in [0.3, 0.4) is 0 Å². The van der Waals surface area contributed by atoms with Gasteiger partial charge in [-0.2, -0.15) is 0 Å². The third-order valence-electron chi connectivity index (χ3n) is 1.33. The van der Waals surface area contributed by atoms with E-state index < -0.39 is 0 Å². The van der Waals surface area contributed by atoms with Gasteiger partial charge < -0.3 is 4.79 Å². The van der Waals surface area contributed by atoms with Gasteiger partial charge in [-0.3, -0.25) is 0 Å². The minimum atomic E-state index is 0.664. The average molecular weight is 126 g/mol. The van der Waals surface area contributed by atoms with Crippen molar-refractivity contribution < 1.29 is 4.79 Å². The Labute approximate surface area is 56.8 Å². The maximum absolute atomic E-state index is 9.85. The maximum Gasteiger partial charge on any atom is 0.120 e. The molecular formula is C8H14O. The van der Waals surface area contributed by atoms with Gasteiger partial charge in [0.2, 0.25) is 0 Å². The van der Waals surface area contributed by atoms with Crippen molar-refractivity contribution >= 4 is 6.29 Å². The van der Waals surface area contributed by atoms with E-state index >= 15 is 0 Å². The van der Waals surface area contributed by atoms with Crippen LogP contribution in [-0.2, 0) is 4.79 Å². The highest BCUT2D eigenvalue weighted by atomic mass is 16.1. The third-order valence-corrected chi connectivity index (χ3v) is 1.33. The molecule has 0 amide bonds. The summed E-state index contributed by atoms with van der Waals surface area (Å²) >= 11 is 0. The van der Waals surface area contributed by atoms with Crippen molar-refractivity contribution in [2.75, 3.05) is 0 Å². The number of aldehydes is 1. The Hall–Kier alpha value is -0.590. The monoisotopic (exact) mass is 126 g/mol. The summed E-state index contributed by atoms with van der Waals surface area (Å²) in [6, 6.07) is 0. The highest BCUT2D eigenvalue weighted by molar-refractivity contribution is 5.49.